The number of ether oxygens (including phenoxy) is 10. The molecule has 308 valence electrons. The summed E-state index contributed by atoms with van der Waals surface area (Å²) in [4.78, 5) is 62.0. The zero-order valence-electron chi connectivity index (χ0n) is 30.4. The van der Waals surface area contributed by atoms with Gasteiger partial charge >= 0.3 is 29.8 Å². The van der Waals surface area contributed by atoms with Crippen LogP contribution in [0, 0.1) is 0 Å². The first-order chi connectivity index (χ1) is 26.0. The molecule has 3 aliphatic rings. The van der Waals surface area contributed by atoms with Gasteiger partial charge in [0, 0.05) is 39.5 Å². The molecule has 15 atom stereocenters. The quantitative estimate of drug-likeness (QED) is 0.101. The fraction of sp³-hybridized carbons (Fsp3) is 0.676. The Labute approximate surface area is 319 Å². The van der Waals surface area contributed by atoms with Gasteiger partial charge in [-0.25, -0.2) is 0 Å². The van der Waals surface area contributed by atoms with Crippen molar-refractivity contribution in [2.45, 2.75) is 131 Å². The minimum absolute atomic E-state index is 0.592. The molecular formula is C34H46O20S. The Hall–Kier alpha value is -3.48. The molecule has 0 aromatic heterocycles. The van der Waals surface area contributed by atoms with Crippen LogP contribution in [0.4, 0.5) is 0 Å². The largest absolute Gasteiger partial charge is 0.456 e. The summed E-state index contributed by atoms with van der Waals surface area (Å²) in [6.45, 7) is 3.34. The average molecular weight is 807 g/mol. The van der Waals surface area contributed by atoms with Crippen LogP contribution in [0.15, 0.2) is 35.2 Å². The summed E-state index contributed by atoms with van der Waals surface area (Å²) < 4.78 is 56.6. The van der Waals surface area contributed by atoms with Gasteiger partial charge in [-0.2, -0.15) is 0 Å². The second kappa shape index (κ2) is 20.1. The summed E-state index contributed by atoms with van der Waals surface area (Å²) in [5.74, 6) is -4.24. The van der Waals surface area contributed by atoms with Gasteiger partial charge < -0.3 is 72.9 Å². The fourth-order valence-corrected chi connectivity index (χ4v) is 7.23. The average Bonchev–Trinajstić information content (AvgIpc) is 3.11. The van der Waals surface area contributed by atoms with Crippen LogP contribution in [0.2, 0.25) is 0 Å². The molecule has 4 rings (SSSR count). The Balaban J connectivity index is 1.65. The van der Waals surface area contributed by atoms with E-state index in [0.717, 1.165) is 46.4 Å². The number of rotatable bonds is 14. The molecule has 0 unspecified atom stereocenters. The van der Waals surface area contributed by atoms with E-state index in [4.69, 9.17) is 47.4 Å². The van der Waals surface area contributed by atoms with Crippen molar-refractivity contribution in [2.24, 2.45) is 0 Å². The fourth-order valence-electron chi connectivity index (χ4n) is 6.11. The minimum Gasteiger partial charge on any atom is -0.456 e. The molecule has 3 aliphatic heterocycles. The number of hydrogen-bond acceptors (Lipinski definition) is 21. The van der Waals surface area contributed by atoms with E-state index in [9.17, 15) is 49.5 Å². The van der Waals surface area contributed by atoms with Crippen molar-refractivity contribution in [3.63, 3.8) is 0 Å². The highest BCUT2D eigenvalue weighted by atomic mass is 32.2. The molecule has 0 bridgehead atoms. The van der Waals surface area contributed by atoms with Gasteiger partial charge in [0.25, 0.3) is 0 Å². The van der Waals surface area contributed by atoms with Crippen LogP contribution < -0.4 is 0 Å². The summed E-state index contributed by atoms with van der Waals surface area (Å²) in [5, 5.41) is 51.9. The third-order valence-corrected chi connectivity index (χ3v) is 9.57. The molecule has 5 N–H and O–H groups in total. The maximum Gasteiger partial charge on any atom is 0.303 e. The van der Waals surface area contributed by atoms with Gasteiger partial charge in [0.2, 0.25) is 0 Å². The van der Waals surface area contributed by atoms with Crippen molar-refractivity contribution < 1.29 is 96.9 Å². The van der Waals surface area contributed by atoms with Gasteiger partial charge in [0.1, 0.15) is 48.2 Å². The maximum atomic E-state index is 12.4. The number of hydrogen-bond donors (Lipinski definition) is 5. The Morgan fingerprint density at radius 1 is 0.545 bits per heavy atom. The van der Waals surface area contributed by atoms with Crippen LogP contribution in [-0.4, -0.2) is 166 Å². The number of aliphatic hydroxyl groups excluding tert-OH is 5. The lowest BCUT2D eigenvalue weighted by Gasteiger charge is -2.46. The monoisotopic (exact) mass is 806 g/mol. The second-order valence-electron chi connectivity index (χ2n) is 12.7. The number of carbonyl (C=O) groups excluding carboxylic acids is 5. The Morgan fingerprint density at radius 3 is 1.62 bits per heavy atom. The van der Waals surface area contributed by atoms with Gasteiger partial charge in [-0.05, 0) is 12.1 Å². The van der Waals surface area contributed by atoms with E-state index in [0.29, 0.717) is 4.90 Å². The molecule has 1 aromatic carbocycles. The van der Waals surface area contributed by atoms with Crippen LogP contribution in [0.5, 0.6) is 0 Å². The van der Waals surface area contributed by atoms with Gasteiger partial charge in [0.15, 0.2) is 43.1 Å². The molecule has 3 heterocycles. The molecule has 20 nitrogen and oxygen atoms in total. The van der Waals surface area contributed by atoms with E-state index in [1.165, 1.54) is 0 Å². The Kier molecular flexibility index (Phi) is 16.2. The van der Waals surface area contributed by atoms with Crippen molar-refractivity contribution in [1.29, 1.82) is 0 Å². The number of esters is 5. The van der Waals surface area contributed by atoms with Gasteiger partial charge in [-0.15, -0.1) is 0 Å². The molecule has 0 saturated carbocycles. The van der Waals surface area contributed by atoms with Gasteiger partial charge in [-0.3, -0.25) is 24.0 Å². The number of carbonyl (C=O) groups is 5. The van der Waals surface area contributed by atoms with Crippen molar-refractivity contribution in [2.75, 3.05) is 19.8 Å². The first-order valence-corrected chi connectivity index (χ1v) is 18.0. The standard InChI is InChI=1S/C34H46O20S/c1-14(36)47-27-22(13-45-32-26(44)25(43)23(41)20(11-35)52-32)53-33(30(50-17(4)39)29(27)49-16(3)38)46-12-21-24(42)28(48-15(2)37)31(51-18(5)40)34(54-21)55-19-9-7-6-8-10-19/h6-10,20-35,41-44H,11-13H2,1-5H3/t20-,21-,22-,23-,24-,25+,26-,27-,28+,29+,30-,31-,32-,33-,34+/m1/s1. The minimum atomic E-state index is -1.83. The van der Waals surface area contributed by atoms with E-state index < -0.39 is 141 Å². The summed E-state index contributed by atoms with van der Waals surface area (Å²) in [6, 6.07) is 8.77. The predicted octanol–water partition coefficient (Wildman–Crippen LogP) is -1.92. The SMILES string of the molecule is CC(=O)O[C@@H]1[C@@H](OC(C)=O)[C@H](OC[C@H]2O[C@@H](Sc3ccccc3)[C@H](OC(C)=O)[C@@H](OC(C)=O)[C@@H]2O)O[C@H](CO[C@@H]2O[C@H](CO)[C@@H](O)[C@H](O)[C@H]2O)[C@H]1OC(C)=O. The summed E-state index contributed by atoms with van der Waals surface area (Å²) >= 11 is 1.10. The highest BCUT2D eigenvalue weighted by Crippen LogP contribution is 2.37. The molecule has 21 heteroatoms. The lowest BCUT2D eigenvalue weighted by atomic mass is 9.97. The normalized spacial score (nSPS) is 36.2. The first kappa shape index (κ1) is 44.2. The molecule has 0 radical (unpaired) electrons. The zero-order chi connectivity index (χ0) is 40.6. The molecule has 0 amide bonds. The van der Waals surface area contributed by atoms with Crippen LogP contribution >= 0.6 is 11.8 Å². The van der Waals surface area contributed by atoms with Crippen LogP contribution in [0.3, 0.4) is 0 Å². The van der Waals surface area contributed by atoms with Crippen molar-refractivity contribution >= 4 is 41.6 Å². The van der Waals surface area contributed by atoms with Crippen molar-refractivity contribution in [3.8, 4) is 0 Å². The summed E-state index contributed by atoms with van der Waals surface area (Å²) in [7, 11) is 0. The van der Waals surface area contributed by atoms with E-state index >= 15 is 0 Å². The predicted molar refractivity (Wildman–Crippen MR) is 179 cm³/mol. The molecule has 0 spiro atoms. The van der Waals surface area contributed by atoms with E-state index in [1.807, 2.05) is 0 Å². The van der Waals surface area contributed by atoms with Crippen LogP contribution in [0.1, 0.15) is 34.6 Å². The zero-order valence-corrected chi connectivity index (χ0v) is 31.3. The third kappa shape index (κ3) is 11.8. The number of thioether (sulfide) groups is 1. The highest BCUT2D eigenvalue weighted by Gasteiger charge is 2.55. The van der Waals surface area contributed by atoms with Crippen LogP contribution in [-0.2, 0) is 71.3 Å². The first-order valence-electron chi connectivity index (χ1n) is 17.1. The number of aliphatic hydroxyl groups is 5. The molecule has 0 aliphatic carbocycles. The Morgan fingerprint density at radius 2 is 1.04 bits per heavy atom. The van der Waals surface area contributed by atoms with E-state index in [2.05, 4.69) is 0 Å². The molecular weight excluding hydrogens is 760 g/mol. The maximum absolute atomic E-state index is 12.4. The summed E-state index contributed by atoms with van der Waals surface area (Å²) in [5.41, 5.74) is -1.08. The number of benzene rings is 1. The van der Waals surface area contributed by atoms with Crippen LogP contribution in [0.25, 0.3) is 0 Å². The topological polar surface area (TPSA) is 279 Å². The van der Waals surface area contributed by atoms with E-state index in [-0.39, 0.29) is 0 Å². The molecule has 3 saturated heterocycles. The van der Waals surface area contributed by atoms with E-state index in [1.54, 1.807) is 30.3 Å². The highest BCUT2D eigenvalue weighted by molar-refractivity contribution is 7.99. The third-order valence-electron chi connectivity index (χ3n) is 8.41. The van der Waals surface area contributed by atoms with Gasteiger partial charge in [0.05, 0.1) is 19.8 Å². The van der Waals surface area contributed by atoms with Crippen molar-refractivity contribution in [3.05, 3.63) is 30.3 Å². The molecule has 1 aromatic rings. The molecule has 3 fully saturated rings. The lowest BCUT2D eigenvalue weighted by Crippen LogP contribution is -2.64. The smallest absolute Gasteiger partial charge is 0.303 e. The molecule has 55 heavy (non-hydrogen) atoms. The second-order valence-corrected chi connectivity index (χ2v) is 13.9. The summed E-state index contributed by atoms with van der Waals surface area (Å²) in [6.07, 6.45) is -22.1. The lowest BCUT2D eigenvalue weighted by molar-refractivity contribution is -0.337. The Bertz CT molecular complexity index is 1460. The van der Waals surface area contributed by atoms with Gasteiger partial charge in [-0.1, -0.05) is 30.0 Å². The van der Waals surface area contributed by atoms with Crippen molar-refractivity contribution in [1.82, 2.24) is 0 Å².